The van der Waals surface area contributed by atoms with Gasteiger partial charge in [0.2, 0.25) is 0 Å². The number of methoxy groups -OCH3 is 1. The molecule has 0 aromatic heterocycles. The van der Waals surface area contributed by atoms with Crippen LogP contribution in [0.2, 0.25) is 0 Å². The molecular formula is C12H24N2O2. The topological polar surface area (TPSA) is 33.7 Å². The number of nitrogens with zero attached hydrogens (tertiary/aromatic N) is 1. The van der Waals surface area contributed by atoms with Gasteiger partial charge in [-0.15, -0.1) is 0 Å². The SMILES string of the molecule is CCC1COCCN1CC1CC(OC)CN1. The highest BCUT2D eigenvalue weighted by Gasteiger charge is 2.29. The summed E-state index contributed by atoms with van der Waals surface area (Å²) in [6.07, 6.45) is 2.73. The second-order valence-electron chi connectivity index (χ2n) is 4.83. The van der Waals surface area contributed by atoms with E-state index < -0.39 is 0 Å². The van der Waals surface area contributed by atoms with E-state index in [0.29, 0.717) is 18.2 Å². The van der Waals surface area contributed by atoms with Crippen molar-refractivity contribution in [3.05, 3.63) is 0 Å². The molecule has 0 radical (unpaired) electrons. The summed E-state index contributed by atoms with van der Waals surface area (Å²) >= 11 is 0. The molecule has 0 aliphatic carbocycles. The molecule has 16 heavy (non-hydrogen) atoms. The molecule has 94 valence electrons. The Morgan fingerprint density at radius 3 is 3.06 bits per heavy atom. The fourth-order valence-corrected chi connectivity index (χ4v) is 2.69. The number of hydrogen-bond acceptors (Lipinski definition) is 4. The molecule has 4 nitrogen and oxygen atoms in total. The summed E-state index contributed by atoms with van der Waals surface area (Å²) in [5.74, 6) is 0. The molecule has 1 N–H and O–H groups in total. The summed E-state index contributed by atoms with van der Waals surface area (Å²) in [7, 11) is 1.80. The summed E-state index contributed by atoms with van der Waals surface area (Å²) in [5.41, 5.74) is 0. The second kappa shape index (κ2) is 5.96. The van der Waals surface area contributed by atoms with Crippen molar-refractivity contribution >= 4 is 0 Å². The van der Waals surface area contributed by atoms with E-state index >= 15 is 0 Å². The highest BCUT2D eigenvalue weighted by molar-refractivity contribution is 4.86. The van der Waals surface area contributed by atoms with Gasteiger partial charge in [0.25, 0.3) is 0 Å². The summed E-state index contributed by atoms with van der Waals surface area (Å²) in [4.78, 5) is 2.57. The van der Waals surface area contributed by atoms with Gasteiger partial charge in [-0.1, -0.05) is 6.92 Å². The highest BCUT2D eigenvalue weighted by Crippen LogP contribution is 2.15. The van der Waals surface area contributed by atoms with Crippen LogP contribution in [0.15, 0.2) is 0 Å². The van der Waals surface area contributed by atoms with E-state index in [1.165, 1.54) is 6.42 Å². The van der Waals surface area contributed by atoms with Crippen molar-refractivity contribution in [3.63, 3.8) is 0 Å². The third kappa shape index (κ3) is 2.94. The smallest absolute Gasteiger partial charge is 0.0711 e. The van der Waals surface area contributed by atoms with Crippen molar-refractivity contribution in [1.82, 2.24) is 10.2 Å². The molecule has 0 amide bonds. The predicted molar refractivity (Wildman–Crippen MR) is 63.7 cm³/mol. The molecule has 2 aliphatic rings. The van der Waals surface area contributed by atoms with Crippen LogP contribution in [-0.4, -0.2) is 63.0 Å². The third-order valence-corrected chi connectivity index (χ3v) is 3.79. The molecular weight excluding hydrogens is 204 g/mol. The van der Waals surface area contributed by atoms with Crippen molar-refractivity contribution in [2.45, 2.75) is 38.0 Å². The van der Waals surface area contributed by atoms with Crippen LogP contribution in [0.4, 0.5) is 0 Å². The number of nitrogens with one attached hydrogen (secondary N) is 1. The number of hydrogen-bond donors (Lipinski definition) is 1. The molecule has 0 aromatic carbocycles. The van der Waals surface area contributed by atoms with Crippen LogP contribution < -0.4 is 5.32 Å². The summed E-state index contributed by atoms with van der Waals surface area (Å²) in [6, 6.07) is 1.20. The molecule has 4 heteroatoms. The Balaban J connectivity index is 1.79. The Bertz CT molecular complexity index is 213. The van der Waals surface area contributed by atoms with Gasteiger partial charge in [-0.05, 0) is 12.8 Å². The molecule has 0 saturated carbocycles. The molecule has 3 atom stereocenters. The fourth-order valence-electron chi connectivity index (χ4n) is 2.69. The van der Waals surface area contributed by atoms with Crippen LogP contribution >= 0.6 is 0 Å². The fraction of sp³-hybridized carbons (Fsp3) is 1.00. The lowest BCUT2D eigenvalue weighted by atomic mass is 10.1. The van der Waals surface area contributed by atoms with Crippen LogP contribution in [0.5, 0.6) is 0 Å². The molecule has 3 unspecified atom stereocenters. The maximum Gasteiger partial charge on any atom is 0.0711 e. The zero-order valence-electron chi connectivity index (χ0n) is 10.4. The van der Waals surface area contributed by atoms with Crippen LogP contribution in [0, 0.1) is 0 Å². The maximum atomic E-state index is 5.52. The highest BCUT2D eigenvalue weighted by atomic mass is 16.5. The van der Waals surface area contributed by atoms with E-state index in [-0.39, 0.29) is 0 Å². The first kappa shape index (κ1) is 12.3. The first-order valence-corrected chi connectivity index (χ1v) is 6.41. The van der Waals surface area contributed by atoms with Crippen LogP contribution in [0.3, 0.4) is 0 Å². The van der Waals surface area contributed by atoms with E-state index in [9.17, 15) is 0 Å². The number of ether oxygens (including phenoxy) is 2. The maximum absolute atomic E-state index is 5.52. The van der Waals surface area contributed by atoms with Crippen molar-refractivity contribution in [3.8, 4) is 0 Å². The van der Waals surface area contributed by atoms with Gasteiger partial charge in [0.05, 0.1) is 19.3 Å². The van der Waals surface area contributed by atoms with Crippen molar-refractivity contribution in [2.24, 2.45) is 0 Å². The second-order valence-corrected chi connectivity index (χ2v) is 4.83. The average Bonchev–Trinajstić information content (AvgIpc) is 2.77. The Morgan fingerprint density at radius 1 is 1.50 bits per heavy atom. The van der Waals surface area contributed by atoms with Crippen LogP contribution in [-0.2, 0) is 9.47 Å². The number of rotatable bonds is 4. The first-order valence-electron chi connectivity index (χ1n) is 6.41. The monoisotopic (exact) mass is 228 g/mol. The summed E-state index contributed by atoms with van der Waals surface area (Å²) in [5, 5.41) is 3.54. The first-order chi connectivity index (χ1) is 7.83. The van der Waals surface area contributed by atoms with Gasteiger partial charge < -0.3 is 14.8 Å². The Labute approximate surface area is 98.3 Å². The normalized spacial score (nSPS) is 36.8. The van der Waals surface area contributed by atoms with Gasteiger partial charge in [0, 0.05) is 38.8 Å². The standard InChI is InChI=1S/C12H24N2O2/c1-3-11-9-16-5-4-14(11)8-10-6-12(15-2)7-13-10/h10-13H,3-9H2,1-2H3. The Kier molecular flexibility index (Phi) is 4.58. The van der Waals surface area contributed by atoms with Gasteiger partial charge in [-0.25, -0.2) is 0 Å². The minimum absolute atomic E-state index is 0.408. The van der Waals surface area contributed by atoms with E-state index in [2.05, 4.69) is 17.1 Å². The van der Waals surface area contributed by atoms with Gasteiger partial charge in [0.15, 0.2) is 0 Å². The Hall–Kier alpha value is -0.160. The van der Waals surface area contributed by atoms with Crippen LogP contribution in [0.25, 0.3) is 0 Å². The molecule has 2 saturated heterocycles. The molecule has 2 rings (SSSR count). The Morgan fingerprint density at radius 2 is 2.38 bits per heavy atom. The van der Waals surface area contributed by atoms with Crippen molar-refractivity contribution in [2.75, 3.05) is 40.0 Å². The summed E-state index contributed by atoms with van der Waals surface area (Å²) < 4.78 is 10.9. The van der Waals surface area contributed by atoms with E-state index in [1.54, 1.807) is 7.11 Å². The average molecular weight is 228 g/mol. The zero-order valence-corrected chi connectivity index (χ0v) is 10.4. The summed E-state index contributed by atoms with van der Waals surface area (Å²) in [6.45, 7) is 7.25. The van der Waals surface area contributed by atoms with E-state index in [4.69, 9.17) is 9.47 Å². The molecule has 0 spiro atoms. The quantitative estimate of drug-likeness (QED) is 0.758. The lowest BCUT2D eigenvalue weighted by molar-refractivity contribution is -0.0123. The van der Waals surface area contributed by atoms with Crippen molar-refractivity contribution in [1.29, 1.82) is 0 Å². The third-order valence-electron chi connectivity index (χ3n) is 3.79. The molecule has 0 aromatic rings. The molecule has 2 heterocycles. The molecule has 2 fully saturated rings. The van der Waals surface area contributed by atoms with Gasteiger partial charge >= 0.3 is 0 Å². The minimum atomic E-state index is 0.408. The largest absolute Gasteiger partial charge is 0.380 e. The zero-order chi connectivity index (χ0) is 11.4. The lowest BCUT2D eigenvalue weighted by Crippen LogP contribution is -2.49. The van der Waals surface area contributed by atoms with Crippen molar-refractivity contribution < 1.29 is 9.47 Å². The lowest BCUT2D eigenvalue weighted by Gasteiger charge is -2.36. The molecule has 2 aliphatic heterocycles. The van der Waals surface area contributed by atoms with E-state index in [1.807, 2.05) is 0 Å². The minimum Gasteiger partial charge on any atom is -0.380 e. The van der Waals surface area contributed by atoms with Crippen LogP contribution in [0.1, 0.15) is 19.8 Å². The van der Waals surface area contributed by atoms with E-state index in [0.717, 1.165) is 39.3 Å². The van der Waals surface area contributed by atoms with Gasteiger partial charge in [-0.2, -0.15) is 0 Å². The van der Waals surface area contributed by atoms with Gasteiger partial charge in [0.1, 0.15) is 0 Å². The van der Waals surface area contributed by atoms with Gasteiger partial charge in [-0.3, -0.25) is 4.90 Å². The predicted octanol–water partition coefficient (Wildman–Crippen LogP) is 0.474. The molecule has 0 bridgehead atoms. The number of morpholine rings is 1.